The van der Waals surface area contributed by atoms with Crippen LogP contribution in [0.3, 0.4) is 0 Å². The van der Waals surface area contributed by atoms with Crippen molar-refractivity contribution in [1.29, 1.82) is 0 Å². The first-order valence-corrected chi connectivity index (χ1v) is 9.76. The molecule has 160 valence electrons. The predicted octanol–water partition coefficient (Wildman–Crippen LogP) is 2.65. The molecule has 0 fully saturated rings. The van der Waals surface area contributed by atoms with Crippen LogP contribution in [-0.4, -0.2) is 20.5 Å². The van der Waals surface area contributed by atoms with Crippen molar-refractivity contribution in [3.63, 3.8) is 0 Å². The van der Waals surface area contributed by atoms with Gasteiger partial charge in [-0.05, 0) is 30.3 Å². The van der Waals surface area contributed by atoms with E-state index in [2.05, 4.69) is 4.98 Å². The van der Waals surface area contributed by atoms with Crippen molar-refractivity contribution in [2.75, 3.05) is 16.8 Å². The lowest BCUT2D eigenvalue weighted by molar-refractivity contribution is 0.412. The second-order valence-corrected chi connectivity index (χ2v) is 7.51. The highest BCUT2D eigenvalue weighted by molar-refractivity contribution is 7.92. The number of aromatic nitrogens is 1. The number of hydrazine groups is 1. The lowest BCUT2D eigenvalue weighted by Crippen LogP contribution is -2.28. The molecule has 2 heterocycles. The van der Waals surface area contributed by atoms with Gasteiger partial charge in [-0.2, -0.15) is 8.42 Å². The molecule has 0 unspecified atom stereocenters. The van der Waals surface area contributed by atoms with Gasteiger partial charge in [-0.1, -0.05) is 0 Å². The summed E-state index contributed by atoms with van der Waals surface area (Å²) in [4.78, 5) is 3.93. The van der Waals surface area contributed by atoms with Crippen LogP contribution in [0.25, 0.3) is 5.70 Å². The van der Waals surface area contributed by atoms with Gasteiger partial charge in [0, 0.05) is 19.4 Å². The highest BCUT2D eigenvalue weighted by Crippen LogP contribution is 2.30. The highest BCUT2D eigenvalue weighted by Gasteiger charge is 2.23. The lowest BCUT2D eigenvalue weighted by Gasteiger charge is -2.19. The summed E-state index contributed by atoms with van der Waals surface area (Å²) in [6.07, 6.45) is 5.06. The molecule has 0 saturated carbocycles. The normalized spacial score (nSPS) is 11.9. The van der Waals surface area contributed by atoms with E-state index in [4.69, 9.17) is 20.7 Å². The molecule has 0 saturated heterocycles. The molecule has 9 nitrogen and oxygen atoms in total. The molecule has 0 aliphatic carbocycles. The van der Waals surface area contributed by atoms with Gasteiger partial charge in [0.15, 0.2) is 11.6 Å². The minimum Gasteiger partial charge on any atom is -0.495 e. The van der Waals surface area contributed by atoms with Crippen molar-refractivity contribution >= 4 is 27.1 Å². The van der Waals surface area contributed by atoms with Crippen molar-refractivity contribution in [3.05, 3.63) is 72.4 Å². The van der Waals surface area contributed by atoms with Crippen LogP contribution in [0.5, 0.6) is 5.75 Å². The Labute approximate surface area is 172 Å². The fraction of sp³-hybridized carbons (Fsp3) is 0.0556. The molecule has 3 aromatic rings. The Bertz CT molecular complexity index is 1190. The fourth-order valence-electron chi connectivity index (χ4n) is 2.45. The molecule has 0 spiro atoms. The van der Waals surface area contributed by atoms with Crippen molar-refractivity contribution < 1.29 is 27.8 Å². The number of methoxy groups -OCH3 is 1. The number of benzene rings is 1. The van der Waals surface area contributed by atoms with E-state index >= 15 is 0 Å². The molecule has 3 rings (SSSR count). The average Bonchev–Trinajstić information content (AvgIpc) is 3.26. The van der Waals surface area contributed by atoms with Gasteiger partial charge in [0.1, 0.15) is 11.4 Å². The Morgan fingerprint density at radius 1 is 1.33 bits per heavy atom. The molecule has 0 radical (unpaired) electrons. The monoisotopic (exact) mass is 439 g/mol. The molecule has 30 heavy (non-hydrogen) atoms. The summed E-state index contributed by atoms with van der Waals surface area (Å²) < 4.78 is 65.5. The zero-order valence-corrected chi connectivity index (χ0v) is 16.4. The van der Waals surface area contributed by atoms with Crippen LogP contribution in [0.15, 0.2) is 64.7 Å². The summed E-state index contributed by atoms with van der Waals surface area (Å²) in [7, 11) is -2.78. The number of hydrogen-bond acceptors (Lipinski definition) is 8. The maximum Gasteiger partial charge on any atom is 0.295 e. The molecule has 1 aromatic carbocycles. The van der Waals surface area contributed by atoms with Gasteiger partial charge in [0.05, 0.1) is 31.0 Å². The number of halogens is 2. The van der Waals surface area contributed by atoms with Crippen LogP contribution in [0.2, 0.25) is 0 Å². The Morgan fingerprint density at radius 2 is 2.10 bits per heavy atom. The van der Waals surface area contributed by atoms with Crippen molar-refractivity contribution in [2.45, 2.75) is 5.09 Å². The van der Waals surface area contributed by atoms with Gasteiger partial charge >= 0.3 is 0 Å². The third-order valence-electron chi connectivity index (χ3n) is 3.89. The minimum atomic E-state index is -4.22. The number of ether oxygens (including phenoxy) is 1. The number of sulfonamides is 1. The van der Waals surface area contributed by atoms with Crippen LogP contribution in [0, 0.1) is 11.6 Å². The highest BCUT2D eigenvalue weighted by atomic mass is 32.2. The van der Waals surface area contributed by atoms with E-state index in [9.17, 15) is 17.2 Å². The number of hydrogen-bond donors (Lipinski definition) is 3. The predicted molar refractivity (Wildman–Crippen MR) is 108 cm³/mol. The molecule has 0 amide bonds. The van der Waals surface area contributed by atoms with Crippen LogP contribution < -0.4 is 26.0 Å². The summed E-state index contributed by atoms with van der Waals surface area (Å²) in [6, 6.07) is 5.85. The van der Waals surface area contributed by atoms with Gasteiger partial charge in [0.25, 0.3) is 10.0 Å². The Kier molecular flexibility index (Phi) is 5.89. The molecular weight excluding hydrogens is 420 g/mol. The van der Waals surface area contributed by atoms with Gasteiger partial charge in [-0.3, -0.25) is 14.7 Å². The number of nitrogens with one attached hydrogen (secondary N) is 1. The number of nitrogens with zero attached hydrogens (tertiary/aromatic N) is 2. The van der Waals surface area contributed by atoms with E-state index in [-0.39, 0.29) is 7.12 Å². The third-order valence-corrected chi connectivity index (χ3v) is 5.14. The summed E-state index contributed by atoms with van der Waals surface area (Å²) in [6.45, 7) is 0. The van der Waals surface area contributed by atoms with Crippen LogP contribution in [0.4, 0.5) is 20.2 Å². The Hall–Kier alpha value is -3.64. The van der Waals surface area contributed by atoms with Crippen LogP contribution in [-0.2, 0) is 10.0 Å². The summed E-state index contributed by atoms with van der Waals surface area (Å²) in [5.74, 6) is 3.91. The summed E-state index contributed by atoms with van der Waals surface area (Å²) in [5.41, 5.74) is 5.09. The standard InChI is InChI=1S/C18H17F2N5O4S.H2/c1-28-12-7-11(8-23-9-12)14(21)10-25(22)18-13(19)4-5-15(17(18)20)24-30(26,27)16-3-2-6-29-16;/h2-10,24H,21-22H2,1H3;1H/b14-10-;. The minimum absolute atomic E-state index is 0. The quantitative estimate of drug-likeness (QED) is 0.377. The molecule has 2 aromatic heterocycles. The van der Waals surface area contributed by atoms with E-state index < -0.39 is 38.1 Å². The first kappa shape index (κ1) is 21.1. The summed E-state index contributed by atoms with van der Waals surface area (Å²) in [5, 5.41) is 0.163. The molecule has 0 aliphatic heterocycles. The maximum atomic E-state index is 14.9. The number of nitrogens with two attached hydrogens (primary N) is 2. The SMILES string of the molecule is COc1cncc(/C(N)=C/N(N)c2c(F)ccc(NS(=O)(=O)c3ccco3)c2F)c1.[HH]. The molecule has 5 N–H and O–H groups in total. The second kappa shape index (κ2) is 8.39. The first-order valence-electron chi connectivity index (χ1n) is 8.28. The molecule has 0 atom stereocenters. The summed E-state index contributed by atoms with van der Waals surface area (Å²) >= 11 is 0. The smallest absolute Gasteiger partial charge is 0.295 e. The van der Waals surface area contributed by atoms with E-state index in [1.54, 1.807) is 6.07 Å². The molecular formula is C18H19F2N5O4S. The maximum absolute atomic E-state index is 14.9. The van der Waals surface area contributed by atoms with Gasteiger partial charge in [0.2, 0.25) is 5.09 Å². The fourth-order valence-corrected chi connectivity index (χ4v) is 3.43. The van der Waals surface area contributed by atoms with Crippen molar-refractivity contribution in [2.24, 2.45) is 11.6 Å². The number of pyridine rings is 1. The molecule has 12 heteroatoms. The average molecular weight is 439 g/mol. The van der Waals surface area contributed by atoms with Gasteiger partial charge in [-0.15, -0.1) is 0 Å². The first-order chi connectivity index (χ1) is 14.2. The van der Waals surface area contributed by atoms with Gasteiger partial charge in [-0.25, -0.2) is 14.6 Å². The third kappa shape index (κ3) is 4.34. The lowest BCUT2D eigenvalue weighted by atomic mass is 10.2. The Balaban J connectivity index is 0.00000341. The van der Waals surface area contributed by atoms with E-state index in [1.807, 2.05) is 4.72 Å². The Morgan fingerprint density at radius 3 is 2.77 bits per heavy atom. The molecule has 0 aliphatic rings. The number of rotatable bonds is 7. The van der Waals surface area contributed by atoms with E-state index in [0.717, 1.165) is 24.6 Å². The van der Waals surface area contributed by atoms with Crippen LogP contribution in [0.1, 0.15) is 6.99 Å². The van der Waals surface area contributed by atoms with Crippen molar-refractivity contribution in [3.8, 4) is 5.75 Å². The largest absolute Gasteiger partial charge is 0.495 e. The van der Waals surface area contributed by atoms with E-state index in [1.165, 1.54) is 31.6 Å². The zero-order chi connectivity index (χ0) is 21.9. The number of anilines is 2. The van der Waals surface area contributed by atoms with Gasteiger partial charge < -0.3 is 14.9 Å². The number of furan rings is 1. The molecule has 0 bridgehead atoms. The second-order valence-electron chi connectivity index (χ2n) is 5.90. The van der Waals surface area contributed by atoms with Crippen molar-refractivity contribution in [1.82, 2.24) is 4.98 Å². The topological polar surface area (TPSA) is 137 Å². The van der Waals surface area contributed by atoms with E-state index in [0.29, 0.717) is 16.3 Å². The van der Waals surface area contributed by atoms with Crippen LogP contribution >= 0.6 is 0 Å². The zero-order valence-electron chi connectivity index (χ0n) is 15.5.